The van der Waals surface area contributed by atoms with Crippen LogP contribution in [0.1, 0.15) is 30.5 Å². The average molecular weight is 579 g/mol. The molecule has 210 valence electrons. The van der Waals surface area contributed by atoms with E-state index in [0.717, 1.165) is 21.2 Å². The minimum absolute atomic E-state index is 0.566. The van der Waals surface area contributed by atoms with E-state index in [9.17, 15) is 9.13 Å². The molecule has 0 atom stereocenters. The van der Waals surface area contributed by atoms with Crippen LogP contribution in [-0.4, -0.2) is 12.3 Å². The van der Waals surface area contributed by atoms with Crippen LogP contribution in [0.25, 0.3) is 0 Å². The van der Waals surface area contributed by atoms with Crippen molar-refractivity contribution in [3.63, 3.8) is 0 Å². The second-order valence-electron chi connectivity index (χ2n) is 10.1. The number of rotatable bonds is 10. The summed E-state index contributed by atoms with van der Waals surface area (Å²) in [6.45, 7) is 6.11. The summed E-state index contributed by atoms with van der Waals surface area (Å²) >= 11 is 0. The Morgan fingerprint density at radius 1 is 0.439 bits per heavy atom. The van der Waals surface area contributed by atoms with E-state index < -0.39 is 14.3 Å². The molecule has 5 rings (SSSR count). The van der Waals surface area contributed by atoms with E-state index in [1.807, 2.05) is 135 Å². The fourth-order valence-electron chi connectivity index (χ4n) is 5.30. The summed E-state index contributed by atoms with van der Waals surface area (Å²) in [4.78, 5) is 0. The molecule has 0 radical (unpaired) electrons. The highest BCUT2D eigenvalue weighted by atomic mass is 31.2. The highest BCUT2D eigenvalue weighted by molar-refractivity contribution is 7.79. The van der Waals surface area contributed by atoms with Gasteiger partial charge in [0.15, 0.2) is 0 Å². The van der Waals surface area contributed by atoms with Crippen LogP contribution in [0.5, 0.6) is 0 Å². The maximum atomic E-state index is 14.5. The summed E-state index contributed by atoms with van der Waals surface area (Å²) in [6.07, 6.45) is 2.56. The van der Waals surface area contributed by atoms with Crippen molar-refractivity contribution >= 4 is 35.5 Å². The zero-order valence-corrected chi connectivity index (χ0v) is 26.1. The average Bonchev–Trinajstić information content (AvgIpc) is 3.05. The van der Waals surface area contributed by atoms with Gasteiger partial charge in [-0.2, -0.15) is 0 Å². The lowest BCUT2D eigenvalue weighted by Gasteiger charge is -2.21. The number of hydrogen-bond donors (Lipinski definition) is 0. The van der Waals surface area contributed by atoms with Gasteiger partial charge in [-0.1, -0.05) is 159 Å². The van der Waals surface area contributed by atoms with Crippen LogP contribution >= 0.6 is 14.3 Å². The van der Waals surface area contributed by atoms with Crippen molar-refractivity contribution < 1.29 is 9.13 Å². The van der Waals surface area contributed by atoms with E-state index in [2.05, 4.69) is 25.1 Å². The molecule has 0 aliphatic heterocycles. The monoisotopic (exact) mass is 578 g/mol. The second-order valence-corrected chi connectivity index (χ2v) is 16.0. The third-order valence-corrected chi connectivity index (χ3v) is 13.6. The Bertz CT molecular complexity index is 1390. The second kappa shape index (κ2) is 14.5. The summed E-state index contributed by atoms with van der Waals surface area (Å²) in [5, 5.41) is 3.60. The van der Waals surface area contributed by atoms with E-state index in [1.54, 1.807) is 0 Å². The van der Waals surface area contributed by atoms with E-state index in [1.165, 1.54) is 16.7 Å². The molecule has 0 unspecified atom stereocenters. The molecule has 0 aliphatic carbocycles. The van der Waals surface area contributed by atoms with E-state index in [4.69, 9.17) is 0 Å². The Hall–Kier alpha value is -3.44. The zero-order chi connectivity index (χ0) is 29.1. The lowest BCUT2D eigenvalue weighted by atomic mass is 10.0. The molecule has 0 saturated carbocycles. The molecule has 5 aromatic carbocycles. The van der Waals surface area contributed by atoms with Crippen molar-refractivity contribution in [1.29, 1.82) is 0 Å². The van der Waals surface area contributed by atoms with Gasteiger partial charge in [-0.05, 0) is 30.9 Å². The Morgan fingerprint density at radius 3 is 0.976 bits per heavy atom. The summed E-state index contributed by atoms with van der Waals surface area (Å²) in [6, 6.07) is 46.1. The molecule has 0 aromatic heterocycles. The Kier molecular flexibility index (Phi) is 10.8. The molecule has 0 bridgehead atoms. The first-order valence-corrected chi connectivity index (χ1v) is 18.3. The van der Waals surface area contributed by atoms with E-state index in [-0.39, 0.29) is 0 Å². The normalized spacial score (nSPS) is 11.4. The maximum absolute atomic E-state index is 14.5. The fourth-order valence-corrected chi connectivity index (χ4v) is 10.7. The van der Waals surface area contributed by atoms with Gasteiger partial charge in [0.2, 0.25) is 0 Å². The smallest absolute Gasteiger partial charge is 0.143 e. The van der Waals surface area contributed by atoms with Crippen LogP contribution in [0.2, 0.25) is 0 Å². The molecule has 0 aliphatic rings. The van der Waals surface area contributed by atoms with Crippen LogP contribution < -0.4 is 21.2 Å². The van der Waals surface area contributed by atoms with Gasteiger partial charge >= 0.3 is 0 Å². The van der Waals surface area contributed by atoms with Gasteiger partial charge in [0.05, 0.1) is 0 Å². The first-order chi connectivity index (χ1) is 20.0. The number of hydrogen-bond acceptors (Lipinski definition) is 2. The third kappa shape index (κ3) is 7.45. The van der Waals surface area contributed by atoms with Crippen molar-refractivity contribution in [2.75, 3.05) is 12.3 Å². The molecule has 0 fully saturated rings. The SMILES string of the molecule is CC.Cc1cc(CCP(=O)(c2ccccc2)c2ccccc2)cc(CCP(=O)(c2ccccc2)c2ccccc2)c1. The first kappa shape index (κ1) is 30.5. The topological polar surface area (TPSA) is 34.1 Å². The summed E-state index contributed by atoms with van der Waals surface area (Å²) in [5.41, 5.74) is 3.52. The quantitative estimate of drug-likeness (QED) is 0.157. The van der Waals surface area contributed by atoms with Gasteiger partial charge in [-0.25, -0.2) is 0 Å². The van der Waals surface area contributed by atoms with Gasteiger partial charge in [0, 0.05) is 33.5 Å². The van der Waals surface area contributed by atoms with Crippen LogP contribution in [0.4, 0.5) is 0 Å². The number of benzene rings is 5. The zero-order valence-electron chi connectivity index (χ0n) is 24.3. The van der Waals surface area contributed by atoms with Gasteiger partial charge in [0.25, 0.3) is 0 Å². The van der Waals surface area contributed by atoms with Crippen LogP contribution in [-0.2, 0) is 22.0 Å². The van der Waals surface area contributed by atoms with Crippen molar-refractivity contribution in [2.45, 2.75) is 33.6 Å². The predicted octanol–water partition coefficient (Wildman–Crippen LogP) is 8.13. The molecule has 2 nitrogen and oxygen atoms in total. The molecule has 5 aromatic rings. The Balaban J connectivity index is 0.00000189. The highest BCUT2D eigenvalue weighted by Crippen LogP contribution is 2.45. The largest absolute Gasteiger partial charge is 0.314 e. The van der Waals surface area contributed by atoms with Crippen LogP contribution in [0.3, 0.4) is 0 Å². The lowest BCUT2D eigenvalue weighted by molar-refractivity contribution is 0.586. The maximum Gasteiger partial charge on any atom is 0.143 e. The molecule has 0 N–H and O–H groups in total. The molecule has 0 amide bonds. The number of aryl methyl sites for hydroxylation is 3. The summed E-state index contributed by atoms with van der Waals surface area (Å²) < 4.78 is 29.0. The molecule has 0 saturated heterocycles. The summed E-state index contributed by atoms with van der Waals surface area (Å²) in [5.74, 6) is 0. The van der Waals surface area contributed by atoms with Gasteiger partial charge < -0.3 is 9.13 Å². The van der Waals surface area contributed by atoms with Crippen molar-refractivity contribution in [2.24, 2.45) is 0 Å². The van der Waals surface area contributed by atoms with Crippen molar-refractivity contribution in [1.82, 2.24) is 0 Å². The van der Waals surface area contributed by atoms with Crippen LogP contribution in [0.15, 0.2) is 140 Å². The summed E-state index contributed by atoms with van der Waals surface area (Å²) in [7, 11) is -5.57. The molecule has 41 heavy (non-hydrogen) atoms. The van der Waals surface area contributed by atoms with Crippen molar-refractivity contribution in [3.8, 4) is 0 Å². The minimum Gasteiger partial charge on any atom is -0.314 e. The first-order valence-electron chi connectivity index (χ1n) is 14.5. The molecular formula is C37H40O2P2. The standard InChI is InChI=1S/C35H34O2P2.C2H6/c1-29-26-30(22-24-38(36,32-14-6-2-7-15-32)33-16-8-3-9-17-33)28-31(27-29)23-25-39(37,34-18-10-4-11-19-34)35-20-12-5-13-21-35;1-2/h2-21,26-28H,22-25H2,1H3;1-2H3. The van der Waals surface area contributed by atoms with Gasteiger partial charge in [-0.15, -0.1) is 0 Å². The van der Waals surface area contributed by atoms with Crippen LogP contribution in [0, 0.1) is 6.92 Å². The van der Waals surface area contributed by atoms with Gasteiger partial charge in [-0.3, -0.25) is 0 Å². The molecule has 0 spiro atoms. The van der Waals surface area contributed by atoms with E-state index in [0.29, 0.717) is 25.2 Å². The lowest BCUT2D eigenvalue weighted by Crippen LogP contribution is -2.20. The predicted molar refractivity (Wildman–Crippen MR) is 179 cm³/mol. The minimum atomic E-state index is -2.79. The fraction of sp³-hybridized carbons (Fsp3) is 0.189. The molecular weight excluding hydrogens is 538 g/mol. The Labute approximate surface area is 246 Å². The van der Waals surface area contributed by atoms with E-state index >= 15 is 0 Å². The third-order valence-electron chi connectivity index (χ3n) is 7.32. The highest BCUT2D eigenvalue weighted by Gasteiger charge is 2.28. The molecule has 0 heterocycles. The Morgan fingerprint density at radius 2 is 0.707 bits per heavy atom. The van der Waals surface area contributed by atoms with Crippen molar-refractivity contribution in [3.05, 3.63) is 156 Å². The molecule has 4 heteroatoms. The van der Waals surface area contributed by atoms with Gasteiger partial charge in [0.1, 0.15) is 14.3 Å².